The van der Waals surface area contributed by atoms with Crippen LogP contribution in [0.4, 0.5) is 11.4 Å². The summed E-state index contributed by atoms with van der Waals surface area (Å²) in [5, 5.41) is 31.2. The van der Waals surface area contributed by atoms with E-state index in [2.05, 4.69) is 0 Å². The third-order valence-corrected chi connectivity index (χ3v) is 3.83. The Hall–Kier alpha value is -3.20. The largest absolute Gasteiger partial charge is 0.496 e. The van der Waals surface area contributed by atoms with Crippen LogP contribution in [0.15, 0.2) is 42.5 Å². The van der Waals surface area contributed by atoms with E-state index in [-0.39, 0.29) is 17.1 Å². The molecule has 1 unspecified atom stereocenters. The van der Waals surface area contributed by atoms with E-state index < -0.39 is 21.4 Å². The van der Waals surface area contributed by atoms with Crippen LogP contribution in [0, 0.1) is 25.6 Å². The average molecular weight is 392 g/mol. The molecule has 0 bridgehead atoms. The number of benzene rings is 2. The van der Waals surface area contributed by atoms with E-state index in [0.29, 0.717) is 11.3 Å². The van der Waals surface area contributed by atoms with Gasteiger partial charge in [0.05, 0.1) is 41.8 Å². The van der Waals surface area contributed by atoms with E-state index in [1.807, 2.05) is 20.8 Å². The lowest BCUT2D eigenvalue weighted by Gasteiger charge is -2.25. The van der Waals surface area contributed by atoms with Crippen molar-refractivity contribution in [2.75, 3.05) is 14.2 Å². The molecule has 0 saturated carbocycles. The number of rotatable bonds is 5. The molecule has 28 heavy (non-hydrogen) atoms. The number of hydrogen-bond donors (Lipinski definition) is 1. The minimum Gasteiger partial charge on any atom is -0.496 e. The van der Waals surface area contributed by atoms with Gasteiger partial charge in [0, 0.05) is 6.07 Å². The first kappa shape index (κ1) is 22.8. The fourth-order valence-electron chi connectivity index (χ4n) is 2.29. The summed E-state index contributed by atoms with van der Waals surface area (Å²) >= 11 is 0. The van der Waals surface area contributed by atoms with E-state index in [1.165, 1.54) is 32.4 Å². The third kappa shape index (κ3) is 5.92. The average Bonchev–Trinajstić information content (AvgIpc) is 2.66. The van der Waals surface area contributed by atoms with Crippen LogP contribution in [0.25, 0.3) is 0 Å². The number of nitro benzene ring substituents is 2. The first-order valence-corrected chi connectivity index (χ1v) is 8.30. The van der Waals surface area contributed by atoms with E-state index in [1.54, 1.807) is 24.3 Å². The first-order chi connectivity index (χ1) is 13.0. The van der Waals surface area contributed by atoms with Crippen molar-refractivity contribution >= 4 is 11.4 Å². The normalized spacial score (nSPS) is 11.6. The van der Waals surface area contributed by atoms with Crippen LogP contribution in [-0.2, 0) is 0 Å². The van der Waals surface area contributed by atoms with Crippen molar-refractivity contribution in [3.8, 4) is 11.5 Å². The van der Waals surface area contributed by atoms with Gasteiger partial charge in [0.2, 0.25) is 0 Å². The highest BCUT2D eigenvalue weighted by Gasteiger charge is 2.29. The maximum atomic E-state index is 10.7. The van der Waals surface area contributed by atoms with Crippen LogP contribution >= 0.6 is 0 Å². The minimum atomic E-state index is -0.834. The number of ether oxygens (including phenoxy) is 2. The molecule has 0 aliphatic heterocycles. The summed E-state index contributed by atoms with van der Waals surface area (Å²) in [4.78, 5) is 20.3. The number of aliphatic hydroxyl groups is 1. The molecule has 2 aromatic rings. The fraction of sp³-hybridized carbons (Fsp3) is 0.368. The zero-order chi connectivity index (χ0) is 21.5. The van der Waals surface area contributed by atoms with Gasteiger partial charge < -0.3 is 14.6 Å². The number of nitrogens with zero attached hydrogens (tertiary/aromatic N) is 2. The molecular weight excluding hydrogens is 368 g/mol. The number of aliphatic hydroxyl groups excluding tert-OH is 1. The molecule has 2 rings (SSSR count). The summed E-state index contributed by atoms with van der Waals surface area (Å²) < 4.78 is 9.65. The van der Waals surface area contributed by atoms with E-state index in [4.69, 9.17) is 9.47 Å². The van der Waals surface area contributed by atoms with Crippen LogP contribution in [0.5, 0.6) is 11.5 Å². The molecule has 152 valence electrons. The Morgan fingerprint density at radius 3 is 1.96 bits per heavy atom. The van der Waals surface area contributed by atoms with Gasteiger partial charge in [0.25, 0.3) is 5.69 Å². The molecule has 0 radical (unpaired) electrons. The van der Waals surface area contributed by atoms with Gasteiger partial charge in [-0.1, -0.05) is 32.9 Å². The Labute approximate surface area is 162 Å². The van der Waals surface area contributed by atoms with Gasteiger partial charge in [-0.3, -0.25) is 20.2 Å². The van der Waals surface area contributed by atoms with Gasteiger partial charge in [0.15, 0.2) is 5.75 Å². The zero-order valence-corrected chi connectivity index (χ0v) is 16.4. The van der Waals surface area contributed by atoms with Crippen molar-refractivity contribution in [1.82, 2.24) is 0 Å². The Bertz CT molecular complexity index is 831. The molecule has 1 atom stereocenters. The van der Waals surface area contributed by atoms with Crippen LogP contribution in [0.3, 0.4) is 0 Å². The summed E-state index contributed by atoms with van der Waals surface area (Å²) in [5.41, 5.74) is -0.164. The molecule has 2 aromatic carbocycles. The van der Waals surface area contributed by atoms with E-state index in [9.17, 15) is 25.3 Å². The molecule has 0 aromatic heterocycles. The maximum absolute atomic E-state index is 10.7. The Balaban J connectivity index is 0.000000283. The van der Waals surface area contributed by atoms with Gasteiger partial charge in [-0.05, 0) is 23.6 Å². The molecule has 0 aliphatic rings. The number of hydrogen-bond acceptors (Lipinski definition) is 7. The number of nitro groups is 2. The van der Waals surface area contributed by atoms with Crippen molar-refractivity contribution in [3.05, 3.63) is 68.3 Å². The summed E-state index contributed by atoms with van der Waals surface area (Å²) in [6.45, 7) is 5.52. The standard InChI is InChI=1S/C11H15NO3.C8H9NO4/c1-11(2,3)10(13)8-6-4-5-7-9(8)12(14)15;1-12-6-3-4-8(13-2)7(5-6)9(10)11/h4-7,10,13H,1-3H3;3-5H,1-2H3. The summed E-state index contributed by atoms with van der Waals surface area (Å²) in [6.07, 6.45) is -0.834. The molecule has 0 spiro atoms. The van der Waals surface area contributed by atoms with Gasteiger partial charge in [-0.15, -0.1) is 0 Å². The van der Waals surface area contributed by atoms with Crippen molar-refractivity contribution in [3.63, 3.8) is 0 Å². The molecule has 1 N–H and O–H groups in total. The molecule has 0 amide bonds. The fourth-order valence-corrected chi connectivity index (χ4v) is 2.29. The molecule has 0 aliphatic carbocycles. The van der Waals surface area contributed by atoms with E-state index in [0.717, 1.165) is 0 Å². The number of methoxy groups -OCH3 is 2. The van der Waals surface area contributed by atoms with Gasteiger partial charge in [0.1, 0.15) is 5.75 Å². The highest BCUT2D eigenvalue weighted by molar-refractivity contribution is 5.50. The lowest BCUT2D eigenvalue weighted by Crippen LogP contribution is -2.18. The minimum absolute atomic E-state index is 0.0278. The van der Waals surface area contributed by atoms with Crippen molar-refractivity contribution in [2.24, 2.45) is 5.41 Å². The molecule has 0 heterocycles. The maximum Gasteiger partial charge on any atom is 0.314 e. The van der Waals surface area contributed by atoms with Crippen molar-refractivity contribution in [1.29, 1.82) is 0 Å². The lowest BCUT2D eigenvalue weighted by molar-refractivity contribution is -0.386. The van der Waals surface area contributed by atoms with Crippen molar-refractivity contribution in [2.45, 2.75) is 26.9 Å². The number of para-hydroxylation sites is 1. The van der Waals surface area contributed by atoms with Crippen LogP contribution < -0.4 is 9.47 Å². The smallest absolute Gasteiger partial charge is 0.314 e. The van der Waals surface area contributed by atoms with Crippen LogP contribution in [-0.4, -0.2) is 29.2 Å². The highest BCUT2D eigenvalue weighted by atomic mass is 16.6. The Morgan fingerprint density at radius 1 is 0.929 bits per heavy atom. The predicted octanol–water partition coefficient (Wildman–Crippen LogP) is 4.29. The summed E-state index contributed by atoms with van der Waals surface area (Å²) in [5.74, 6) is 0.665. The SMILES string of the molecule is CC(C)(C)C(O)c1ccccc1[N+](=O)[O-].COc1ccc(OC)c([N+](=O)[O-])c1. The Kier molecular flexibility index (Phi) is 7.87. The third-order valence-electron chi connectivity index (χ3n) is 3.83. The quantitative estimate of drug-likeness (QED) is 0.594. The van der Waals surface area contributed by atoms with Gasteiger partial charge in [-0.2, -0.15) is 0 Å². The van der Waals surface area contributed by atoms with Crippen LogP contribution in [0.2, 0.25) is 0 Å². The monoisotopic (exact) mass is 392 g/mol. The second kappa shape index (κ2) is 9.65. The van der Waals surface area contributed by atoms with Crippen molar-refractivity contribution < 1.29 is 24.4 Å². The molecule has 9 nitrogen and oxygen atoms in total. The predicted molar refractivity (Wildman–Crippen MR) is 104 cm³/mol. The van der Waals surface area contributed by atoms with Gasteiger partial charge in [-0.25, -0.2) is 0 Å². The summed E-state index contributed by atoms with van der Waals surface area (Å²) in [6, 6.07) is 10.7. The van der Waals surface area contributed by atoms with Gasteiger partial charge >= 0.3 is 5.69 Å². The molecule has 0 fully saturated rings. The van der Waals surface area contributed by atoms with Crippen LogP contribution in [0.1, 0.15) is 32.4 Å². The molecular formula is C19H24N2O7. The topological polar surface area (TPSA) is 125 Å². The molecule has 0 saturated heterocycles. The van der Waals surface area contributed by atoms with E-state index >= 15 is 0 Å². The second-order valence-electron chi connectivity index (χ2n) is 6.88. The first-order valence-electron chi connectivity index (χ1n) is 8.30. The summed E-state index contributed by atoms with van der Waals surface area (Å²) in [7, 11) is 2.83. The molecule has 9 heteroatoms. The Morgan fingerprint density at radius 2 is 1.50 bits per heavy atom. The second-order valence-corrected chi connectivity index (χ2v) is 6.88. The zero-order valence-electron chi connectivity index (χ0n) is 16.4. The highest BCUT2D eigenvalue weighted by Crippen LogP contribution is 2.36. The lowest BCUT2D eigenvalue weighted by atomic mass is 9.84.